The molecule has 0 amide bonds. The lowest BCUT2D eigenvalue weighted by Crippen LogP contribution is -2.08. The van der Waals surface area contributed by atoms with Gasteiger partial charge in [0.05, 0.1) is 12.2 Å². The predicted octanol–water partition coefficient (Wildman–Crippen LogP) is 8.64. The van der Waals surface area contributed by atoms with Gasteiger partial charge in [-0.1, -0.05) is 89.2 Å². The molecule has 0 fully saturated rings. The van der Waals surface area contributed by atoms with E-state index in [2.05, 4.69) is 6.92 Å². The van der Waals surface area contributed by atoms with Crippen molar-refractivity contribution in [2.24, 2.45) is 0 Å². The van der Waals surface area contributed by atoms with E-state index in [0.29, 0.717) is 22.9 Å². The highest BCUT2D eigenvalue weighted by Gasteiger charge is 2.08. The van der Waals surface area contributed by atoms with E-state index in [1.807, 2.05) is 12.1 Å². The molecule has 3 nitrogen and oxygen atoms in total. The van der Waals surface area contributed by atoms with Crippen LogP contribution < -0.4 is 9.47 Å². The molecule has 0 spiro atoms. The summed E-state index contributed by atoms with van der Waals surface area (Å²) >= 11 is 5.84. The number of carbonyl (C=O) groups excluding carboxylic acids is 1. The predicted molar refractivity (Wildman–Crippen MR) is 129 cm³/mol. The van der Waals surface area contributed by atoms with E-state index in [1.165, 1.54) is 70.6 Å². The van der Waals surface area contributed by atoms with Gasteiger partial charge in [-0.3, -0.25) is 0 Å². The first-order valence-corrected chi connectivity index (χ1v) is 12.3. The maximum atomic E-state index is 12.2. The largest absolute Gasteiger partial charge is 0.494 e. The fourth-order valence-corrected chi connectivity index (χ4v) is 3.61. The van der Waals surface area contributed by atoms with Crippen LogP contribution in [0.15, 0.2) is 48.5 Å². The van der Waals surface area contributed by atoms with Gasteiger partial charge in [0.25, 0.3) is 0 Å². The minimum Gasteiger partial charge on any atom is -0.494 e. The first-order chi connectivity index (χ1) is 15.2. The zero-order chi connectivity index (χ0) is 22.2. The van der Waals surface area contributed by atoms with Crippen molar-refractivity contribution >= 4 is 17.6 Å². The summed E-state index contributed by atoms with van der Waals surface area (Å²) in [7, 11) is 0. The SMILES string of the molecule is CCCCCCCCCCCCCCOc1ccc(C(=O)Oc2ccc(Cl)cc2)cc1. The lowest BCUT2D eigenvalue weighted by molar-refractivity contribution is 0.0734. The number of carbonyl (C=O) groups is 1. The summed E-state index contributed by atoms with van der Waals surface area (Å²) in [5, 5.41) is 0.606. The molecule has 0 bridgehead atoms. The number of hydrogen-bond donors (Lipinski definition) is 0. The zero-order valence-electron chi connectivity index (χ0n) is 18.9. The highest BCUT2D eigenvalue weighted by molar-refractivity contribution is 6.30. The number of esters is 1. The van der Waals surface area contributed by atoms with Gasteiger partial charge in [0.15, 0.2) is 0 Å². The molecule has 2 aromatic carbocycles. The molecular weight excluding hydrogens is 408 g/mol. The summed E-state index contributed by atoms with van der Waals surface area (Å²) in [6.07, 6.45) is 16.0. The Morgan fingerprint density at radius 1 is 0.677 bits per heavy atom. The van der Waals surface area contributed by atoms with Gasteiger partial charge in [0.2, 0.25) is 0 Å². The maximum absolute atomic E-state index is 12.2. The number of hydrogen-bond acceptors (Lipinski definition) is 3. The van der Waals surface area contributed by atoms with Gasteiger partial charge in [-0.05, 0) is 55.0 Å². The second-order valence-corrected chi connectivity index (χ2v) is 8.54. The van der Waals surface area contributed by atoms with E-state index >= 15 is 0 Å². The Hall–Kier alpha value is -2.00. The molecule has 0 heterocycles. The monoisotopic (exact) mass is 444 g/mol. The number of benzene rings is 2. The molecule has 0 aliphatic carbocycles. The molecule has 0 unspecified atom stereocenters. The van der Waals surface area contributed by atoms with Crippen LogP contribution in [0.25, 0.3) is 0 Å². The average Bonchev–Trinajstić information content (AvgIpc) is 2.79. The fraction of sp³-hybridized carbons (Fsp3) is 0.519. The summed E-state index contributed by atoms with van der Waals surface area (Å²) in [4.78, 5) is 12.2. The number of unbranched alkanes of at least 4 members (excludes halogenated alkanes) is 11. The van der Waals surface area contributed by atoms with Crippen LogP contribution in [0.3, 0.4) is 0 Å². The third-order valence-electron chi connectivity index (χ3n) is 5.38. The number of ether oxygens (including phenoxy) is 2. The molecule has 0 saturated heterocycles. The van der Waals surface area contributed by atoms with Crippen molar-refractivity contribution in [1.82, 2.24) is 0 Å². The van der Waals surface area contributed by atoms with Crippen LogP contribution in [0.5, 0.6) is 11.5 Å². The second kappa shape index (κ2) is 15.8. The molecule has 0 aliphatic heterocycles. The van der Waals surface area contributed by atoms with Crippen molar-refractivity contribution in [3.05, 3.63) is 59.1 Å². The molecule has 0 atom stereocenters. The molecule has 4 heteroatoms. The van der Waals surface area contributed by atoms with E-state index < -0.39 is 5.97 Å². The normalized spacial score (nSPS) is 10.8. The van der Waals surface area contributed by atoms with Crippen LogP contribution in [0.1, 0.15) is 94.3 Å². The van der Waals surface area contributed by atoms with Crippen LogP contribution in [-0.2, 0) is 0 Å². The van der Waals surface area contributed by atoms with Gasteiger partial charge < -0.3 is 9.47 Å². The molecule has 2 rings (SSSR count). The van der Waals surface area contributed by atoms with E-state index in [1.54, 1.807) is 36.4 Å². The summed E-state index contributed by atoms with van der Waals surface area (Å²) in [5.41, 5.74) is 0.493. The molecule has 170 valence electrons. The zero-order valence-corrected chi connectivity index (χ0v) is 19.7. The Morgan fingerprint density at radius 3 is 1.71 bits per heavy atom. The van der Waals surface area contributed by atoms with Crippen molar-refractivity contribution in [3.8, 4) is 11.5 Å². The van der Waals surface area contributed by atoms with Gasteiger partial charge in [0.1, 0.15) is 11.5 Å². The van der Waals surface area contributed by atoms with Gasteiger partial charge in [-0.25, -0.2) is 4.79 Å². The van der Waals surface area contributed by atoms with E-state index in [-0.39, 0.29) is 0 Å². The Kier molecular flexibility index (Phi) is 12.8. The van der Waals surface area contributed by atoms with E-state index in [9.17, 15) is 4.79 Å². The van der Waals surface area contributed by atoms with Crippen molar-refractivity contribution in [2.45, 2.75) is 84.0 Å². The van der Waals surface area contributed by atoms with Crippen LogP contribution in [0.2, 0.25) is 5.02 Å². The summed E-state index contributed by atoms with van der Waals surface area (Å²) in [5.74, 6) is 0.864. The lowest BCUT2D eigenvalue weighted by atomic mass is 10.1. The van der Waals surface area contributed by atoms with Gasteiger partial charge in [0, 0.05) is 5.02 Å². The van der Waals surface area contributed by atoms with Crippen LogP contribution >= 0.6 is 11.6 Å². The van der Waals surface area contributed by atoms with Crippen molar-refractivity contribution < 1.29 is 14.3 Å². The number of rotatable bonds is 16. The Labute approximate surface area is 193 Å². The summed E-state index contributed by atoms with van der Waals surface area (Å²) in [6.45, 7) is 2.98. The molecular formula is C27H37ClO3. The highest BCUT2D eigenvalue weighted by atomic mass is 35.5. The smallest absolute Gasteiger partial charge is 0.343 e. The maximum Gasteiger partial charge on any atom is 0.343 e. The first kappa shape index (κ1) is 25.3. The molecule has 0 N–H and O–H groups in total. The molecule has 0 aliphatic rings. The molecule has 0 aromatic heterocycles. The minimum atomic E-state index is -0.394. The van der Waals surface area contributed by atoms with E-state index in [0.717, 1.165) is 12.2 Å². The van der Waals surface area contributed by atoms with Gasteiger partial charge in [-0.15, -0.1) is 0 Å². The van der Waals surface area contributed by atoms with Crippen LogP contribution in [0, 0.1) is 0 Å². The van der Waals surface area contributed by atoms with Crippen LogP contribution in [0.4, 0.5) is 0 Å². The topological polar surface area (TPSA) is 35.5 Å². The average molecular weight is 445 g/mol. The van der Waals surface area contributed by atoms with Gasteiger partial charge >= 0.3 is 5.97 Å². The Bertz CT molecular complexity index is 725. The Balaban J connectivity index is 1.50. The minimum absolute atomic E-state index is 0.394. The van der Waals surface area contributed by atoms with Crippen molar-refractivity contribution in [1.29, 1.82) is 0 Å². The molecule has 2 aromatic rings. The molecule has 0 radical (unpaired) electrons. The highest BCUT2D eigenvalue weighted by Crippen LogP contribution is 2.19. The van der Waals surface area contributed by atoms with E-state index in [4.69, 9.17) is 21.1 Å². The van der Waals surface area contributed by atoms with Crippen molar-refractivity contribution in [2.75, 3.05) is 6.61 Å². The molecule has 31 heavy (non-hydrogen) atoms. The third-order valence-corrected chi connectivity index (χ3v) is 5.63. The summed E-state index contributed by atoms with van der Waals surface area (Å²) < 4.78 is 11.1. The quantitative estimate of drug-likeness (QED) is 0.147. The van der Waals surface area contributed by atoms with Crippen molar-refractivity contribution in [3.63, 3.8) is 0 Å². The molecule has 0 saturated carbocycles. The standard InChI is InChI=1S/C27H37ClO3/c1-2-3-4-5-6-7-8-9-10-11-12-13-22-30-25-18-14-23(15-19-25)27(29)31-26-20-16-24(28)17-21-26/h14-21H,2-13,22H2,1H3. The number of halogens is 1. The fourth-order valence-electron chi connectivity index (χ4n) is 3.49. The van der Waals surface area contributed by atoms with Gasteiger partial charge in [-0.2, -0.15) is 0 Å². The van der Waals surface area contributed by atoms with Crippen LogP contribution in [-0.4, -0.2) is 12.6 Å². The summed E-state index contributed by atoms with van der Waals surface area (Å²) in [6, 6.07) is 13.8. The third kappa shape index (κ3) is 11.3. The first-order valence-electron chi connectivity index (χ1n) is 11.9. The lowest BCUT2D eigenvalue weighted by Gasteiger charge is -2.08. The Morgan fingerprint density at radius 2 is 1.16 bits per heavy atom. The second-order valence-electron chi connectivity index (χ2n) is 8.11.